The molecule has 0 heterocycles. The zero-order chi connectivity index (χ0) is 9.84. The van der Waals surface area contributed by atoms with Gasteiger partial charge in [-0.15, -0.1) is 0 Å². The Bertz CT molecular complexity index is 330. The fraction of sp³-hybridized carbons (Fsp3) is 0.0769. The predicted molar refractivity (Wildman–Crippen MR) is 61.3 cm³/mol. The van der Waals surface area contributed by atoms with E-state index in [-0.39, 0.29) is 0 Å². The van der Waals surface area contributed by atoms with Crippen LogP contribution in [0.15, 0.2) is 37.9 Å². The van der Waals surface area contributed by atoms with Gasteiger partial charge in [0, 0.05) is 0 Å². The minimum absolute atomic E-state index is 1.06. The standard InChI is InChI=1S/C13H14/c1-5-11-7-12(6-2)9-13(8-11)10(3)4/h5-9H,1-3H2,4H3. The summed E-state index contributed by atoms with van der Waals surface area (Å²) in [5.74, 6) is 0. The number of rotatable bonds is 3. The highest BCUT2D eigenvalue weighted by Gasteiger charge is 1.96. The van der Waals surface area contributed by atoms with Crippen LogP contribution in [0, 0.1) is 0 Å². The minimum Gasteiger partial charge on any atom is -0.0985 e. The summed E-state index contributed by atoms with van der Waals surface area (Å²) in [6.07, 6.45) is 3.67. The van der Waals surface area contributed by atoms with Crippen LogP contribution in [0.25, 0.3) is 17.7 Å². The second-order valence-corrected chi connectivity index (χ2v) is 3.08. The van der Waals surface area contributed by atoms with Gasteiger partial charge in [0.25, 0.3) is 0 Å². The van der Waals surface area contributed by atoms with Gasteiger partial charge in [-0.2, -0.15) is 0 Å². The Morgan fingerprint density at radius 2 is 1.54 bits per heavy atom. The maximum Gasteiger partial charge on any atom is -0.0221 e. The summed E-state index contributed by atoms with van der Waals surface area (Å²) in [6, 6.07) is 6.19. The van der Waals surface area contributed by atoms with E-state index >= 15 is 0 Å². The van der Waals surface area contributed by atoms with Crippen LogP contribution >= 0.6 is 0 Å². The van der Waals surface area contributed by atoms with Crippen molar-refractivity contribution in [2.24, 2.45) is 0 Å². The van der Waals surface area contributed by atoms with Crippen molar-refractivity contribution in [1.82, 2.24) is 0 Å². The molecule has 0 aliphatic rings. The topological polar surface area (TPSA) is 0 Å². The van der Waals surface area contributed by atoms with E-state index in [2.05, 4.69) is 31.9 Å². The first-order valence-electron chi connectivity index (χ1n) is 4.23. The first-order chi connectivity index (χ1) is 6.17. The summed E-state index contributed by atoms with van der Waals surface area (Å²) in [5, 5.41) is 0. The molecule has 0 atom stereocenters. The van der Waals surface area contributed by atoms with Gasteiger partial charge >= 0.3 is 0 Å². The zero-order valence-corrected chi connectivity index (χ0v) is 8.01. The molecule has 0 aliphatic carbocycles. The second-order valence-electron chi connectivity index (χ2n) is 3.08. The van der Waals surface area contributed by atoms with E-state index in [0.29, 0.717) is 0 Å². The molecule has 0 aliphatic heterocycles. The lowest BCUT2D eigenvalue weighted by atomic mass is 10.0. The van der Waals surface area contributed by atoms with Crippen molar-refractivity contribution in [3.63, 3.8) is 0 Å². The maximum atomic E-state index is 3.91. The van der Waals surface area contributed by atoms with E-state index in [1.807, 2.05) is 25.1 Å². The van der Waals surface area contributed by atoms with Crippen LogP contribution in [0.3, 0.4) is 0 Å². The Morgan fingerprint density at radius 3 is 1.85 bits per heavy atom. The van der Waals surface area contributed by atoms with Crippen molar-refractivity contribution in [3.8, 4) is 0 Å². The quantitative estimate of drug-likeness (QED) is 0.643. The molecule has 0 bridgehead atoms. The molecule has 0 radical (unpaired) electrons. The summed E-state index contributed by atoms with van der Waals surface area (Å²) in [6.45, 7) is 13.4. The highest BCUT2D eigenvalue weighted by Crippen LogP contribution is 2.18. The molecule has 1 aromatic rings. The van der Waals surface area contributed by atoms with Crippen LogP contribution in [0.5, 0.6) is 0 Å². The van der Waals surface area contributed by atoms with Crippen molar-refractivity contribution < 1.29 is 0 Å². The Balaban J connectivity index is 3.30. The molecule has 0 N–H and O–H groups in total. The minimum atomic E-state index is 1.06. The largest absolute Gasteiger partial charge is 0.0985 e. The lowest BCUT2D eigenvalue weighted by molar-refractivity contribution is 1.54. The van der Waals surface area contributed by atoms with Gasteiger partial charge in [0.1, 0.15) is 0 Å². The molecule has 1 aromatic carbocycles. The molecule has 0 saturated heterocycles. The summed E-state index contributed by atoms with van der Waals surface area (Å²) in [5.41, 5.74) is 4.42. The molecule has 66 valence electrons. The van der Waals surface area contributed by atoms with Crippen molar-refractivity contribution in [1.29, 1.82) is 0 Å². The van der Waals surface area contributed by atoms with Crippen LogP contribution in [0.2, 0.25) is 0 Å². The fourth-order valence-electron chi connectivity index (χ4n) is 1.16. The Hall–Kier alpha value is -1.56. The second kappa shape index (κ2) is 3.90. The normalized spacial score (nSPS) is 9.31. The van der Waals surface area contributed by atoms with Gasteiger partial charge in [-0.25, -0.2) is 0 Å². The molecule has 0 aromatic heterocycles. The van der Waals surface area contributed by atoms with Crippen LogP contribution in [0.1, 0.15) is 23.6 Å². The molecule has 1 rings (SSSR count). The van der Waals surface area contributed by atoms with Gasteiger partial charge in [0.2, 0.25) is 0 Å². The van der Waals surface area contributed by atoms with Crippen LogP contribution in [-0.2, 0) is 0 Å². The number of allylic oxidation sites excluding steroid dienone is 1. The van der Waals surface area contributed by atoms with Crippen LogP contribution < -0.4 is 0 Å². The molecule has 0 heteroatoms. The summed E-state index contributed by atoms with van der Waals surface area (Å²) < 4.78 is 0. The molecule has 13 heavy (non-hydrogen) atoms. The molecule has 0 fully saturated rings. The monoisotopic (exact) mass is 170 g/mol. The number of hydrogen-bond acceptors (Lipinski definition) is 0. The lowest BCUT2D eigenvalue weighted by Crippen LogP contribution is -1.83. The smallest absolute Gasteiger partial charge is 0.0221 e. The molecular weight excluding hydrogens is 156 g/mol. The third-order valence-corrected chi connectivity index (χ3v) is 1.94. The zero-order valence-electron chi connectivity index (χ0n) is 8.01. The third-order valence-electron chi connectivity index (χ3n) is 1.94. The van der Waals surface area contributed by atoms with Crippen molar-refractivity contribution in [2.75, 3.05) is 0 Å². The molecule has 0 amide bonds. The van der Waals surface area contributed by atoms with Gasteiger partial charge in [-0.3, -0.25) is 0 Å². The number of hydrogen-bond donors (Lipinski definition) is 0. The molecule has 0 spiro atoms. The van der Waals surface area contributed by atoms with Crippen LogP contribution in [0.4, 0.5) is 0 Å². The van der Waals surface area contributed by atoms with Gasteiger partial charge in [-0.1, -0.05) is 37.5 Å². The third kappa shape index (κ3) is 2.19. The summed E-state index contributed by atoms with van der Waals surface area (Å²) in [7, 11) is 0. The van der Waals surface area contributed by atoms with Gasteiger partial charge in [0.05, 0.1) is 0 Å². The van der Waals surface area contributed by atoms with E-state index in [1.54, 1.807) is 0 Å². The van der Waals surface area contributed by atoms with E-state index in [1.165, 1.54) is 0 Å². The Labute approximate surface area is 79.9 Å². The van der Waals surface area contributed by atoms with Crippen molar-refractivity contribution in [2.45, 2.75) is 6.92 Å². The maximum absolute atomic E-state index is 3.91. The Morgan fingerprint density at radius 1 is 1.08 bits per heavy atom. The molecular formula is C13H14. The highest BCUT2D eigenvalue weighted by atomic mass is 14.0. The SMILES string of the molecule is C=Cc1cc(C=C)cc(C(=C)C)c1. The van der Waals surface area contributed by atoms with Gasteiger partial charge in [-0.05, 0) is 41.8 Å². The van der Waals surface area contributed by atoms with Crippen molar-refractivity contribution in [3.05, 3.63) is 54.6 Å². The van der Waals surface area contributed by atoms with Gasteiger partial charge < -0.3 is 0 Å². The van der Waals surface area contributed by atoms with E-state index in [4.69, 9.17) is 0 Å². The van der Waals surface area contributed by atoms with Crippen molar-refractivity contribution >= 4 is 17.7 Å². The number of benzene rings is 1. The first kappa shape index (κ1) is 9.53. The van der Waals surface area contributed by atoms with E-state index in [9.17, 15) is 0 Å². The lowest BCUT2D eigenvalue weighted by Gasteiger charge is -2.04. The summed E-state index contributed by atoms with van der Waals surface area (Å²) in [4.78, 5) is 0. The summed E-state index contributed by atoms with van der Waals surface area (Å²) >= 11 is 0. The molecule has 0 nitrogen and oxygen atoms in total. The average Bonchev–Trinajstić information content (AvgIpc) is 2.16. The fourth-order valence-corrected chi connectivity index (χ4v) is 1.16. The van der Waals surface area contributed by atoms with E-state index in [0.717, 1.165) is 22.3 Å². The highest BCUT2D eigenvalue weighted by molar-refractivity contribution is 5.68. The van der Waals surface area contributed by atoms with E-state index < -0.39 is 0 Å². The first-order valence-corrected chi connectivity index (χ1v) is 4.23. The predicted octanol–water partition coefficient (Wildman–Crippen LogP) is 4.01. The molecule has 0 saturated carbocycles. The molecule has 0 unspecified atom stereocenters. The Kier molecular flexibility index (Phi) is 2.86. The van der Waals surface area contributed by atoms with Crippen LogP contribution in [-0.4, -0.2) is 0 Å². The average molecular weight is 170 g/mol. The van der Waals surface area contributed by atoms with Gasteiger partial charge in [0.15, 0.2) is 0 Å².